The highest BCUT2D eigenvalue weighted by atomic mass is 35.5. The van der Waals surface area contributed by atoms with E-state index in [1.807, 2.05) is 12.1 Å². The van der Waals surface area contributed by atoms with Gasteiger partial charge in [0.2, 0.25) is 0 Å². The number of carboxylic acid groups (broad SMARTS) is 1. The van der Waals surface area contributed by atoms with Crippen molar-refractivity contribution in [2.24, 2.45) is 5.10 Å². The molecule has 0 saturated heterocycles. The largest absolute Gasteiger partial charge is 0.478 e. The monoisotopic (exact) mass is 295 g/mol. The summed E-state index contributed by atoms with van der Waals surface area (Å²) in [5, 5.41) is 14.0. The van der Waals surface area contributed by atoms with Gasteiger partial charge in [-0.05, 0) is 36.2 Å². The van der Waals surface area contributed by atoms with E-state index in [4.69, 9.17) is 16.7 Å². The Bertz CT molecular complexity index is 640. The lowest BCUT2D eigenvalue weighted by Crippen LogP contribution is -2.01. The second-order valence-corrected chi connectivity index (χ2v) is 4.91. The molecule has 98 valence electrons. The third kappa shape index (κ3) is 3.30. The van der Waals surface area contributed by atoms with Crippen LogP contribution in [0.5, 0.6) is 0 Å². The molecule has 0 amide bonds. The summed E-state index contributed by atoms with van der Waals surface area (Å²) in [6.45, 7) is 1.64. The number of carboxylic acids is 1. The molecule has 0 fully saturated rings. The van der Waals surface area contributed by atoms with Crippen molar-refractivity contribution in [2.75, 3.05) is 5.43 Å². The van der Waals surface area contributed by atoms with Crippen LogP contribution in [0.2, 0.25) is 5.02 Å². The van der Waals surface area contributed by atoms with Crippen LogP contribution >= 0.6 is 23.1 Å². The minimum absolute atomic E-state index is 0.147. The van der Waals surface area contributed by atoms with E-state index in [0.717, 1.165) is 17.1 Å². The molecular formula is C12H10ClN3O2S. The molecule has 0 atom stereocenters. The van der Waals surface area contributed by atoms with Gasteiger partial charge in [-0.15, -0.1) is 0 Å². The molecule has 0 saturated carbocycles. The number of hydrogen-bond donors (Lipinski definition) is 2. The third-order valence-electron chi connectivity index (χ3n) is 2.30. The Balaban J connectivity index is 2.13. The third-order valence-corrected chi connectivity index (χ3v) is 3.38. The number of hydrazone groups is 1. The van der Waals surface area contributed by atoms with E-state index in [1.165, 1.54) is 0 Å². The van der Waals surface area contributed by atoms with Crippen LogP contribution in [0.25, 0.3) is 0 Å². The number of anilines is 1. The molecule has 5 nitrogen and oxygen atoms in total. The summed E-state index contributed by atoms with van der Waals surface area (Å²) in [5.74, 6) is -1.02. The van der Waals surface area contributed by atoms with Gasteiger partial charge in [0.05, 0.1) is 11.9 Å². The van der Waals surface area contributed by atoms with Gasteiger partial charge in [0.1, 0.15) is 10.6 Å². The van der Waals surface area contributed by atoms with Crippen molar-refractivity contribution >= 4 is 40.3 Å². The number of aromatic carboxylic acids is 1. The first-order valence-corrected chi connectivity index (χ1v) is 6.47. The van der Waals surface area contributed by atoms with Crippen LogP contribution < -0.4 is 5.43 Å². The minimum atomic E-state index is -1.02. The quantitative estimate of drug-likeness (QED) is 0.671. The van der Waals surface area contributed by atoms with Crippen molar-refractivity contribution in [2.45, 2.75) is 6.92 Å². The Kier molecular flexibility index (Phi) is 4.13. The van der Waals surface area contributed by atoms with Crippen molar-refractivity contribution in [1.29, 1.82) is 0 Å². The summed E-state index contributed by atoms with van der Waals surface area (Å²) in [4.78, 5) is 11.0. The molecule has 19 heavy (non-hydrogen) atoms. The highest BCUT2D eigenvalue weighted by Gasteiger charge is 2.16. The maximum absolute atomic E-state index is 11.0. The Hall–Kier alpha value is -1.92. The Morgan fingerprint density at radius 2 is 2.37 bits per heavy atom. The molecule has 2 aromatic rings. The fraction of sp³-hybridized carbons (Fsp3) is 0.0833. The number of rotatable bonds is 4. The van der Waals surface area contributed by atoms with Gasteiger partial charge in [-0.25, -0.2) is 4.79 Å². The Morgan fingerprint density at radius 1 is 1.58 bits per heavy atom. The number of aromatic nitrogens is 1. The molecule has 0 spiro atoms. The average Bonchev–Trinajstić information content (AvgIpc) is 2.71. The molecule has 0 bridgehead atoms. The molecule has 0 aliphatic carbocycles. The van der Waals surface area contributed by atoms with E-state index in [2.05, 4.69) is 14.9 Å². The molecule has 0 aliphatic heterocycles. The molecule has 0 unspecified atom stereocenters. The van der Waals surface area contributed by atoms with Crippen molar-refractivity contribution in [3.05, 3.63) is 46.1 Å². The highest BCUT2D eigenvalue weighted by molar-refractivity contribution is 7.10. The van der Waals surface area contributed by atoms with Gasteiger partial charge in [-0.2, -0.15) is 9.47 Å². The number of aryl methyl sites for hydroxylation is 1. The lowest BCUT2D eigenvalue weighted by atomic mass is 10.2. The SMILES string of the molecule is Cc1nsc(NN=Cc2cccc(Cl)c2)c1C(=O)O. The molecule has 1 heterocycles. The zero-order valence-corrected chi connectivity index (χ0v) is 11.5. The van der Waals surface area contributed by atoms with Crippen LogP contribution in [-0.2, 0) is 0 Å². The van der Waals surface area contributed by atoms with Gasteiger partial charge in [-0.3, -0.25) is 5.43 Å². The first-order chi connectivity index (χ1) is 9.08. The van der Waals surface area contributed by atoms with Crippen LogP contribution in [0.15, 0.2) is 29.4 Å². The number of nitrogens with one attached hydrogen (secondary N) is 1. The maximum atomic E-state index is 11.0. The average molecular weight is 296 g/mol. The normalized spacial score (nSPS) is 10.8. The summed E-state index contributed by atoms with van der Waals surface area (Å²) in [6, 6.07) is 7.17. The van der Waals surface area contributed by atoms with Gasteiger partial charge in [0.15, 0.2) is 0 Å². The van der Waals surface area contributed by atoms with Gasteiger partial charge < -0.3 is 5.11 Å². The van der Waals surface area contributed by atoms with Crippen LogP contribution in [0.4, 0.5) is 5.00 Å². The minimum Gasteiger partial charge on any atom is -0.478 e. The molecule has 0 aliphatic rings. The fourth-order valence-corrected chi connectivity index (χ4v) is 2.39. The van der Waals surface area contributed by atoms with E-state index >= 15 is 0 Å². The summed E-state index contributed by atoms with van der Waals surface area (Å²) in [5.41, 5.74) is 4.12. The van der Waals surface area contributed by atoms with Crippen LogP contribution in [0.1, 0.15) is 21.6 Å². The zero-order valence-electron chi connectivity index (χ0n) is 9.92. The van der Waals surface area contributed by atoms with Gasteiger partial charge in [0.25, 0.3) is 0 Å². The zero-order chi connectivity index (χ0) is 13.8. The highest BCUT2D eigenvalue weighted by Crippen LogP contribution is 2.24. The number of hydrogen-bond acceptors (Lipinski definition) is 5. The molecule has 0 radical (unpaired) electrons. The van der Waals surface area contributed by atoms with Crippen LogP contribution in [0, 0.1) is 6.92 Å². The maximum Gasteiger partial charge on any atom is 0.340 e. The van der Waals surface area contributed by atoms with Gasteiger partial charge in [-0.1, -0.05) is 23.7 Å². The molecule has 2 N–H and O–H groups in total. The number of carbonyl (C=O) groups is 1. The predicted octanol–water partition coefficient (Wildman–Crippen LogP) is 3.25. The summed E-state index contributed by atoms with van der Waals surface area (Å²) in [7, 11) is 0. The summed E-state index contributed by atoms with van der Waals surface area (Å²) in [6.07, 6.45) is 1.56. The first-order valence-electron chi connectivity index (χ1n) is 5.32. The summed E-state index contributed by atoms with van der Waals surface area (Å²) >= 11 is 6.90. The topological polar surface area (TPSA) is 74.6 Å². The van der Waals surface area contributed by atoms with Crippen molar-refractivity contribution in [3.8, 4) is 0 Å². The van der Waals surface area contributed by atoms with Gasteiger partial charge >= 0.3 is 5.97 Å². The smallest absolute Gasteiger partial charge is 0.340 e. The number of benzene rings is 1. The van der Waals surface area contributed by atoms with E-state index in [1.54, 1.807) is 25.3 Å². The second kappa shape index (κ2) is 5.81. The van der Waals surface area contributed by atoms with E-state index < -0.39 is 5.97 Å². The van der Waals surface area contributed by atoms with Crippen molar-refractivity contribution < 1.29 is 9.90 Å². The van der Waals surface area contributed by atoms with E-state index in [-0.39, 0.29) is 5.56 Å². The van der Waals surface area contributed by atoms with Crippen LogP contribution in [-0.4, -0.2) is 21.7 Å². The fourth-order valence-electron chi connectivity index (χ4n) is 1.45. The van der Waals surface area contributed by atoms with E-state index in [9.17, 15) is 4.79 Å². The first kappa shape index (κ1) is 13.5. The molecule has 1 aromatic heterocycles. The van der Waals surface area contributed by atoms with Crippen molar-refractivity contribution in [1.82, 2.24) is 4.37 Å². The lowest BCUT2D eigenvalue weighted by molar-refractivity contribution is 0.0697. The van der Waals surface area contributed by atoms with Crippen LogP contribution in [0.3, 0.4) is 0 Å². The Labute approximate surface area is 118 Å². The van der Waals surface area contributed by atoms with Gasteiger partial charge in [0, 0.05) is 5.02 Å². The van der Waals surface area contributed by atoms with Crippen molar-refractivity contribution in [3.63, 3.8) is 0 Å². The van der Waals surface area contributed by atoms with E-state index in [0.29, 0.717) is 15.7 Å². The molecular weight excluding hydrogens is 286 g/mol. The standard InChI is InChI=1S/C12H10ClN3O2S/c1-7-10(12(17)18)11(19-16-7)15-14-6-8-3-2-4-9(13)5-8/h2-6,15H,1H3,(H,17,18). The summed E-state index contributed by atoms with van der Waals surface area (Å²) < 4.78 is 3.98. The number of nitrogens with zero attached hydrogens (tertiary/aromatic N) is 2. The second-order valence-electron chi connectivity index (χ2n) is 3.70. The lowest BCUT2D eigenvalue weighted by Gasteiger charge is -1.98. The Morgan fingerprint density at radius 3 is 3.05 bits per heavy atom. The predicted molar refractivity (Wildman–Crippen MR) is 76.5 cm³/mol. The molecule has 1 aromatic carbocycles. The number of halogens is 1. The molecule has 2 rings (SSSR count). The molecule has 7 heteroatoms.